The first-order valence-electron chi connectivity index (χ1n) is 6.29. The molecule has 0 unspecified atom stereocenters. The number of ether oxygens (including phenoxy) is 1. The van der Waals surface area contributed by atoms with E-state index in [1.54, 1.807) is 20.8 Å². The Morgan fingerprint density at radius 1 is 1.32 bits per heavy atom. The summed E-state index contributed by atoms with van der Waals surface area (Å²) in [4.78, 5) is 21.9. The van der Waals surface area contributed by atoms with E-state index in [-0.39, 0.29) is 22.9 Å². The van der Waals surface area contributed by atoms with Crippen LogP contribution in [0.1, 0.15) is 30.4 Å². The Balaban J connectivity index is 2.46. The van der Waals surface area contributed by atoms with Crippen LogP contribution in [0.3, 0.4) is 0 Å². The molecule has 10 heteroatoms. The molecule has 0 fully saturated rings. The molecule has 8 nitrogen and oxygen atoms in total. The molecule has 0 radical (unpaired) electrons. The van der Waals surface area contributed by atoms with E-state index < -0.39 is 27.7 Å². The maximum Gasteiger partial charge on any atom is 0.407 e. The van der Waals surface area contributed by atoms with Crippen LogP contribution in [0.4, 0.5) is 4.79 Å². The Morgan fingerprint density at radius 3 is 2.45 bits per heavy atom. The predicted octanol–water partition coefficient (Wildman–Crippen LogP) is 1.25. The molecule has 0 atom stereocenters. The summed E-state index contributed by atoms with van der Waals surface area (Å²) in [6, 6.07) is 1.08. The molecule has 0 saturated heterocycles. The van der Waals surface area contributed by atoms with Crippen molar-refractivity contribution >= 4 is 33.4 Å². The Bertz CT molecular complexity index is 645. The van der Waals surface area contributed by atoms with Gasteiger partial charge in [-0.3, -0.25) is 0 Å². The van der Waals surface area contributed by atoms with E-state index >= 15 is 0 Å². The SMILES string of the molecule is CC(C)(C)OC(=O)NCCNS(=O)(=O)c1csc(C(=O)O)c1. The molecule has 0 aliphatic rings. The van der Waals surface area contributed by atoms with E-state index in [4.69, 9.17) is 9.84 Å². The summed E-state index contributed by atoms with van der Waals surface area (Å²) in [6.07, 6.45) is -0.643. The number of nitrogens with one attached hydrogen (secondary N) is 2. The van der Waals surface area contributed by atoms with Gasteiger partial charge in [0.15, 0.2) is 0 Å². The molecule has 3 N–H and O–H groups in total. The third kappa shape index (κ3) is 6.00. The second-order valence-electron chi connectivity index (χ2n) is 5.28. The number of carboxylic acid groups (broad SMARTS) is 1. The Labute approximate surface area is 132 Å². The van der Waals surface area contributed by atoms with Gasteiger partial charge in [-0.2, -0.15) is 0 Å². The number of carbonyl (C=O) groups excluding carboxylic acids is 1. The minimum absolute atomic E-state index is 0.0418. The van der Waals surface area contributed by atoms with Crippen molar-refractivity contribution in [3.8, 4) is 0 Å². The van der Waals surface area contributed by atoms with E-state index in [1.165, 1.54) is 5.38 Å². The lowest BCUT2D eigenvalue weighted by Gasteiger charge is -2.19. The lowest BCUT2D eigenvalue weighted by molar-refractivity contribution is 0.0528. The van der Waals surface area contributed by atoms with Crippen LogP contribution in [0, 0.1) is 0 Å². The highest BCUT2D eigenvalue weighted by molar-refractivity contribution is 7.89. The van der Waals surface area contributed by atoms with Crippen LogP contribution >= 0.6 is 11.3 Å². The summed E-state index contributed by atoms with van der Waals surface area (Å²) in [7, 11) is -3.80. The monoisotopic (exact) mass is 350 g/mol. The van der Waals surface area contributed by atoms with Crippen LogP contribution in [0.25, 0.3) is 0 Å². The fraction of sp³-hybridized carbons (Fsp3) is 0.500. The smallest absolute Gasteiger partial charge is 0.407 e. The number of thiophene rings is 1. The molecule has 0 aliphatic carbocycles. The van der Waals surface area contributed by atoms with Gasteiger partial charge in [0.25, 0.3) is 0 Å². The zero-order valence-corrected chi connectivity index (χ0v) is 14.0. The number of hydrogen-bond donors (Lipinski definition) is 3. The van der Waals surface area contributed by atoms with Gasteiger partial charge in [0.1, 0.15) is 10.5 Å². The lowest BCUT2D eigenvalue weighted by atomic mass is 10.2. The fourth-order valence-corrected chi connectivity index (χ4v) is 3.46. The first-order chi connectivity index (χ1) is 10.0. The largest absolute Gasteiger partial charge is 0.477 e. The van der Waals surface area contributed by atoms with E-state index in [1.807, 2.05) is 0 Å². The molecule has 0 saturated carbocycles. The number of hydrogen-bond acceptors (Lipinski definition) is 6. The molecule has 0 aromatic carbocycles. The highest BCUT2D eigenvalue weighted by Gasteiger charge is 2.19. The average molecular weight is 350 g/mol. The Morgan fingerprint density at radius 2 is 1.95 bits per heavy atom. The topological polar surface area (TPSA) is 122 Å². The van der Waals surface area contributed by atoms with Crippen molar-refractivity contribution in [2.24, 2.45) is 0 Å². The number of sulfonamides is 1. The van der Waals surface area contributed by atoms with Gasteiger partial charge < -0.3 is 15.2 Å². The van der Waals surface area contributed by atoms with Crippen LogP contribution in [-0.4, -0.2) is 44.3 Å². The molecular weight excluding hydrogens is 332 g/mol. The number of carbonyl (C=O) groups is 2. The maximum atomic E-state index is 11.9. The summed E-state index contributed by atoms with van der Waals surface area (Å²) in [5, 5.41) is 12.4. The van der Waals surface area contributed by atoms with Gasteiger partial charge in [-0.15, -0.1) is 11.3 Å². The van der Waals surface area contributed by atoms with Crippen LogP contribution < -0.4 is 10.0 Å². The molecule has 1 aromatic heterocycles. The van der Waals surface area contributed by atoms with Crippen LogP contribution in [0.5, 0.6) is 0 Å². The highest BCUT2D eigenvalue weighted by Crippen LogP contribution is 2.18. The van der Waals surface area contributed by atoms with Crippen molar-refractivity contribution < 1.29 is 27.9 Å². The first-order valence-corrected chi connectivity index (χ1v) is 8.66. The van der Waals surface area contributed by atoms with Gasteiger partial charge in [-0.1, -0.05) is 0 Å². The summed E-state index contributed by atoms with van der Waals surface area (Å²) in [6.45, 7) is 5.15. The van der Waals surface area contributed by atoms with Crippen molar-refractivity contribution in [2.45, 2.75) is 31.3 Å². The Kier molecular flexibility index (Phi) is 5.92. The second-order valence-corrected chi connectivity index (χ2v) is 7.96. The van der Waals surface area contributed by atoms with Crippen LogP contribution in [0.15, 0.2) is 16.3 Å². The lowest BCUT2D eigenvalue weighted by Crippen LogP contribution is -2.37. The van der Waals surface area contributed by atoms with Gasteiger partial charge in [0.2, 0.25) is 10.0 Å². The van der Waals surface area contributed by atoms with E-state index in [9.17, 15) is 18.0 Å². The minimum atomic E-state index is -3.80. The van der Waals surface area contributed by atoms with Gasteiger partial charge >= 0.3 is 12.1 Å². The van der Waals surface area contributed by atoms with Crippen LogP contribution in [-0.2, 0) is 14.8 Å². The zero-order chi connectivity index (χ0) is 17.0. The number of alkyl carbamates (subject to hydrolysis) is 1. The number of rotatable bonds is 6. The summed E-state index contributed by atoms with van der Waals surface area (Å²) >= 11 is 0.827. The molecule has 0 aliphatic heterocycles. The molecule has 1 rings (SSSR count). The first kappa shape index (κ1) is 18.4. The van der Waals surface area contributed by atoms with E-state index in [2.05, 4.69) is 10.0 Å². The third-order valence-electron chi connectivity index (χ3n) is 2.18. The number of aromatic carboxylic acids is 1. The normalized spacial score (nSPS) is 12.0. The minimum Gasteiger partial charge on any atom is -0.477 e. The van der Waals surface area contributed by atoms with E-state index in [0.29, 0.717) is 0 Å². The maximum absolute atomic E-state index is 11.9. The molecule has 124 valence electrons. The van der Waals surface area contributed by atoms with E-state index in [0.717, 1.165) is 17.4 Å². The molecule has 1 amide bonds. The van der Waals surface area contributed by atoms with Crippen LogP contribution in [0.2, 0.25) is 0 Å². The molecule has 1 heterocycles. The van der Waals surface area contributed by atoms with Gasteiger partial charge in [0, 0.05) is 18.5 Å². The quantitative estimate of drug-likeness (QED) is 0.664. The summed E-state index contributed by atoms with van der Waals surface area (Å²) in [5.74, 6) is -1.18. The predicted molar refractivity (Wildman–Crippen MR) is 80.7 cm³/mol. The average Bonchev–Trinajstić information content (AvgIpc) is 2.83. The standard InChI is InChI=1S/C12H18N2O6S2/c1-12(2,3)20-11(17)13-4-5-14-22(18,19)8-6-9(10(15)16)21-7-8/h6-7,14H,4-5H2,1-3H3,(H,13,17)(H,15,16). The van der Waals surface area contributed by atoms with Gasteiger partial charge in [0.05, 0.1) is 4.90 Å². The Hall–Kier alpha value is -1.65. The molecular formula is C12H18N2O6S2. The van der Waals surface area contributed by atoms with Gasteiger partial charge in [-0.25, -0.2) is 22.7 Å². The molecule has 1 aromatic rings. The van der Waals surface area contributed by atoms with Crippen molar-refractivity contribution in [3.05, 3.63) is 16.3 Å². The third-order valence-corrected chi connectivity index (χ3v) is 4.69. The molecule has 22 heavy (non-hydrogen) atoms. The summed E-state index contributed by atoms with van der Waals surface area (Å²) < 4.78 is 31.1. The van der Waals surface area contributed by atoms with Crippen molar-refractivity contribution in [1.82, 2.24) is 10.0 Å². The highest BCUT2D eigenvalue weighted by atomic mass is 32.2. The van der Waals surface area contributed by atoms with Crippen molar-refractivity contribution in [3.63, 3.8) is 0 Å². The zero-order valence-electron chi connectivity index (χ0n) is 12.4. The number of amides is 1. The molecule has 0 bridgehead atoms. The second kappa shape index (κ2) is 7.07. The fourth-order valence-electron chi connectivity index (χ4n) is 1.32. The molecule has 0 spiro atoms. The number of carboxylic acids is 1. The summed E-state index contributed by atoms with van der Waals surface area (Å²) in [5.41, 5.74) is -0.631. The van der Waals surface area contributed by atoms with Crippen molar-refractivity contribution in [2.75, 3.05) is 13.1 Å². The van der Waals surface area contributed by atoms with Crippen molar-refractivity contribution in [1.29, 1.82) is 0 Å². The van der Waals surface area contributed by atoms with Gasteiger partial charge in [-0.05, 0) is 26.8 Å².